The summed E-state index contributed by atoms with van der Waals surface area (Å²) < 4.78 is 38.2. The minimum Gasteiger partial charge on any atom is -0.393 e. The fraction of sp³-hybridized carbons (Fsp3) is 1.00. The SMILES string of the molecule is CC(O)(CO)CNC1CCCCC1C(F)(F)F. The van der Waals surface area contributed by atoms with Crippen molar-refractivity contribution in [2.24, 2.45) is 5.92 Å². The molecule has 1 fully saturated rings. The van der Waals surface area contributed by atoms with Crippen molar-refractivity contribution in [3.63, 3.8) is 0 Å². The van der Waals surface area contributed by atoms with Gasteiger partial charge in [0, 0.05) is 12.6 Å². The number of aliphatic hydroxyl groups excluding tert-OH is 1. The largest absolute Gasteiger partial charge is 0.393 e. The van der Waals surface area contributed by atoms with Crippen LogP contribution in [0, 0.1) is 5.92 Å². The monoisotopic (exact) mass is 255 g/mol. The van der Waals surface area contributed by atoms with Gasteiger partial charge in [-0.15, -0.1) is 0 Å². The number of alkyl halides is 3. The van der Waals surface area contributed by atoms with Gasteiger partial charge in [-0.3, -0.25) is 0 Å². The summed E-state index contributed by atoms with van der Waals surface area (Å²) in [5, 5.41) is 21.1. The van der Waals surface area contributed by atoms with E-state index in [1.54, 1.807) is 0 Å². The van der Waals surface area contributed by atoms with Gasteiger partial charge in [0.25, 0.3) is 0 Å². The highest BCUT2D eigenvalue weighted by Gasteiger charge is 2.45. The van der Waals surface area contributed by atoms with E-state index in [0.717, 1.165) is 6.42 Å². The van der Waals surface area contributed by atoms with Gasteiger partial charge in [-0.25, -0.2) is 0 Å². The molecule has 102 valence electrons. The Morgan fingerprint density at radius 3 is 2.35 bits per heavy atom. The maximum Gasteiger partial charge on any atom is 0.393 e. The Balaban J connectivity index is 2.55. The molecule has 0 amide bonds. The van der Waals surface area contributed by atoms with Crippen LogP contribution in [-0.2, 0) is 0 Å². The molecule has 0 saturated heterocycles. The lowest BCUT2D eigenvalue weighted by atomic mass is 9.83. The lowest BCUT2D eigenvalue weighted by Gasteiger charge is -2.35. The molecule has 0 spiro atoms. The summed E-state index contributed by atoms with van der Waals surface area (Å²) >= 11 is 0. The molecular formula is C11H20F3NO2. The van der Waals surface area contributed by atoms with E-state index in [1.165, 1.54) is 6.92 Å². The molecule has 3 N–H and O–H groups in total. The van der Waals surface area contributed by atoms with Crippen molar-refractivity contribution in [1.29, 1.82) is 0 Å². The molecule has 6 heteroatoms. The molecule has 1 aliphatic carbocycles. The average molecular weight is 255 g/mol. The van der Waals surface area contributed by atoms with Gasteiger partial charge in [0.2, 0.25) is 0 Å². The lowest BCUT2D eigenvalue weighted by molar-refractivity contribution is -0.189. The van der Waals surface area contributed by atoms with Gasteiger partial charge >= 0.3 is 6.18 Å². The number of nitrogens with one attached hydrogen (secondary N) is 1. The van der Waals surface area contributed by atoms with Crippen molar-refractivity contribution in [1.82, 2.24) is 5.32 Å². The molecule has 1 rings (SSSR count). The number of hydrogen-bond donors (Lipinski definition) is 3. The van der Waals surface area contributed by atoms with Crippen molar-refractivity contribution < 1.29 is 23.4 Å². The zero-order valence-electron chi connectivity index (χ0n) is 9.93. The fourth-order valence-corrected chi connectivity index (χ4v) is 2.17. The van der Waals surface area contributed by atoms with Crippen molar-refractivity contribution >= 4 is 0 Å². The van der Waals surface area contributed by atoms with E-state index in [1.807, 2.05) is 0 Å². The van der Waals surface area contributed by atoms with E-state index in [-0.39, 0.29) is 13.0 Å². The van der Waals surface area contributed by atoms with Crippen LogP contribution in [0.4, 0.5) is 13.2 Å². The maximum absolute atomic E-state index is 12.7. The van der Waals surface area contributed by atoms with Crippen LogP contribution in [0.5, 0.6) is 0 Å². The first-order valence-electron chi connectivity index (χ1n) is 5.89. The second-order valence-corrected chi connectivity index (χ2v) is 5.08. The predicted octanol–water partition coefficient (Wildman–Crippen LogP) is 1.44. The molecule has 0 aromatic rings. The molecule has 0 aromatic carbocycles. The van der Waals surface area contributed by atoms with Gasteiger partial charge in [-0.05, 0) is 19.8 Å². The van der Waals surface area contributed by atoms with Crippen LogP contribution >= 0.6 is 0 Å². The van der Waals surface area contributed by atoms with Gasteiger partial charge in [0.15, 0.2) is 0 Å². The van der Waals surface area contributed by atoms with Gasteiger partial charge < -0.3 is 15.5 Å². The van der Waals surface area contributed by atoms with Crippen LogP contribution in [0.2, 0.25) is 0 Å². The van der Waals surface area contributed by atoms with E-state index in [0.29, 0.717) is 12.8 Å². The third kappa shape index (κ3) is 4.44. The number of hydrogen-bond acceptors (Lipinski definition) is 3. The third-order valence-corrected chi connectivity index (χ3v) is 3.27. The molecular weight excluding hydrogens is 235 g/mol. The highest BCUT2D eigenvalue weighted by atomic mass is 19.4. The lowest BCUT2D eigenvalue weighted by Crippen LogP contribution is -2.51. The Hall–Kier alpha value is -0.330. The summed E-state index contributed by atoms with van der Waals surface area (Å²) in [6.45, 7) is 0.898. The molecule has 3 unspecified atom stereocenters. The molecule has 17 heavy (non-hydrogen) atoms. The van der Waals surface area contributed by atoms with Crippen molar-refractivity contribution in [2.75, 3.05) is 13.2 Å². The normalized spacial score (nSPS) is 30.0. The van der Waals surface area contributed by atoms with Crippen LogP contribution in [0.1, 0.15) is 32.6 Å². The summed E-state index contributed by atoms with van der Waals surface area (Å²) in [5.74, 6) is -1.34. The minimum absolute atomic E-state index is 0.0270. The van der Waals surface area contributed by atoms with E-state index in [2.05, 4.69) is 5.32 Å². The van der Waals surface area contributed by atoms with Gasteiger partial charge in [0.05, 0.1) is 18.1 Å². The molecule has 3 atom stereocenters. The van der Waals surface area contributed by atoms with E-state index < -0.39 is 30.3 Å². The molecule has 1 saturated carbocycles. The molecule has 1 aliphatic rings. The molecule has 0 bridgehead atoms. The second kappa shape index (κ2) is 5.54. The highest BCUT2D eigenvalue weighted by Crippen LogP contribution is 2.37. The average Bonchev–Trinajstić information content (AvgIpc) is 2.26. The molecule has 0 aromatic heterocycles. The topological polar surface area (TPSA) is 52.5 Å². The molecule has 3 nitrogen and oxygen atoms in total. The van der Waals surface area contributed by atoms with Crippen LogP contribution in [0.15, 0.2) is 0 Å². The summed E-state index contributed by atoms with van der Waals surface area (Å²) in [7, 11) is 0. The van der Waals surface area contributed by atoms with Gasteiger partial charge in [-0.1, -0.05) is 12.8 Å². The van der Waals surface area contributed by atoms with Crippen molar-refractivity contribution in [3.8, 4) is 0 Å². The smallest absolute Gasteiger partial charge is 0.393 e. The van der Waals surface area contributed by atoms with Crippen LogP contribution < -0.4 is 5.32 Å². The molecule has 0 heterocycles. The number of halogens is 3. The summed E-state index contributed by atoms with van der Waals surface area (Å²) in [5.41, 5.74) is -1.37. The van der Waals surface area contributed by atoms with Crippen LogP contribution in [-0.4, -0.2) is 41.2 Å². The number of aliphatic hydroxyl groups is 2. The number of rotatable bonds is 4. The maximum atomic E-state index is 12.7. The van der Waals surface area contributed by atoms with E-state index >= 15 is 0 Å². The Kier molecular flexibility index (Phi) is 4.80. The second-order valence-electron chi connectivity index (χ2n) is 5.08. The van der Waals surface area contributed by atoms with E-state index in [9.17, 15) is 18.3 Å². The molecule has 0 radical (unpaired) electrons. The Bertz CT molecular complexity index is 243. The summed E-state index contributed by atoms with van der Waals surface area (Å²) in [4.78, 5) is 0. The third-order valence-electron chi connectivity index (χ3n) is 3.27. The first kappa shape index (κ1) is 14.7. The molecule has 0 aliphatic heterocycles. The van der Waals surface area contributed by atoms with Crippen molar-refractivity contribution in [2.45, 2.75) is 50.4 Å². The highest BCUT2D eigenvalue weighted by molar-refractivity contribution is 4.87. The van der Waals surface area contributed by atoms with Crippen LogP contribution in [0.25, 0.3) is 0 Å². The zero-order valence-corrected chi connectivity index (χ0v) is 9.93. The summed E-state index contributed by atoms with van der Waals surface area (Å²) in [6.07, 6.45) is -2.22. The van der Waals surface area contributed by atoms with E-state index in [4.69, 9.17) is 5.11 Å². The van der Waals surface area contributed by atoms with Gasteiger partial charge in [0.1, 0.15) is 0 Å². The Labute approximate surface area is 99.0 Å². The fourth-order valence-electron chi connectivity index (χ4n) is 2.17. The predicted molar refractivity (Wildman–Crippen MR) is 57.5 cm³/mol. The Morgan fingerprint density at radius 2 is 1.82 bits per heavy atom. The zero-order chi connectivity index (χ0) is 13.1. The first-order chi connectivity index (χ1) is 7.76. The quantitative estimate of drug-likeness (QED) is 0.712. The standard InChI is InChI=1S/C11H20F3NO2/c1-10(17,7-16)6-15-9-5-3-2-4-8(9)11(12,13)14/h8-9,15-17H,2-7H2,1H3. The minimum atomic E-state index is -4.19. The van der Waals surface area contributed by atoms with Gasteiger partial charge in [-0.2, -0.15) is 13.2 Å². The Morgan fingerprint density at radius 1 is 1.24 bits per heavy atom. The van der Waals surface area contributed by atoms with Crippen molar-refractivity contribution in [3.05, 3.63) is 0 Å². The summed E-state index contributed by atoms with van der Waals surface area (Å²) in [6, 6.07) is -0.651. The first-order valence-corrected chi connectivity index (χ1v) is 5.89. The van der Waals surface area contributed by atoms with Crippen LogP contribution in [0.3, 0.4) is 0 Å².